The van der Waals surface area contributed by atoms with Gasteiger partial charge in [-0.2, -0.15) is 0 Å². The number of carbonyl (C=O) groups excluding carboxylic acids is 1. The lowest BCUT2D eigenvalue weighted by molar-refractivity contribution is 0.0930. The summed E-state index contributed by atoms with van der Waals surface area (Å²) < 4.78 is 0. The van der Waals surface area contributed by atoms with Gasteiger partial charge < -0.3 is 5.32 Å². The van der Waals surface area contributed by atoms with Gasteiger partial charge in [0, 0.05) is 10.9 Å². The van der Waals surface area contributed by atoms with Crippen LogP contribution in [0.1, 0.15) is 40.2 Å². The van der Waals surface area contributed by atoms with Crippen LogP contribution >= 0.6 is 11.3 Å². The Bertz CT molecular complexity index is 392. The first-order chi connectivity index (χ1) is 7.74. The fraction of sp³-hybridized carbons (Fsp3) is 0.615. The zero-order valence-corrected chi connectivity index (χ0v) is 10.3. The van der Waals surface area contributed by atoms with Gasteiger partial charge in [-0.1, -0.05) is 0 Å². The van der Waals surface area contributed by atoms with E-state index in [0.717, 1.165) is 16.7 Å². The SMILES string of the molecule is Cc1ccc(C(=O)NC(C2CC2)C2CC2)s1. The van der Waals surface area contributed by atoms with E-state index in [2.05, 4.69) is 5.32 Å². The van der Waals surface area contributed by atoms with Gasteiger partial charge in [0.1, 0.15) is 0 Å². The second kappa shape index (κ2) is 3.88. The predicted molar refractivity (Wildman–Crippen MR) is 65.8 cm³/mol. The van der Waals surface area contributed by atoms with Gasteiger partial charge in [0.2, 0.25) is 0 Å². The number of hydrogen-bond donors (Lipinski definition) is 1. The van der Waals surface area contributed by atoms with Crippen molar-refractivity contribution in [1.82, 2.24) is 5.32 Å². The van der Waals surface area contributed by atoms with Gasteiger partial charge in [-0.25, -0.2) is 0 Å². The van der Waals surface area contributed by atoms with Gasteiger partial charge in [-0.15, -0.1) is 11.3 Å². The maximum absolute atomic E-state index is 12.0. The molecular weight excluding hydrogens is 218 g/mol. The van der Waals surface area contributed by atoms with E-state index >= 15 is 0 Å². The lowest BCUT2D eigenvalue weighted by Crippen LogP contribution is -2.37. The summed E-state index contributed by atoms with van der Waals surface area (Å²) in [5.41, 5.74) is 0. The minimum Gasteiger partial charge on any atom is -0.348 e. The largest absolute Gasteiger partial charge is 0.348 e. The molecule has 2 aliphatic carbocycles. The fourth-order valence-electron chi connectivity index (χ4n) is 2.31. The van der Waals surface area contributed by atoms with Crippen molar-refractivity contribution in [2.45, 2.75) is 38.6 Å². The van der Waals surface area contributed by atoms with E-state index < -0.39 is 0 Å². The summed E-state index contributed by atoms with van der Waals surface area (Å²) in [6.45, 7) is 2.04. The number of amides is 1. The summed E-state index contributed by atoms with van der Waals surface area (Å²) in [7, 11) is 0. The Morgan fingerprint density at radius 3 is 2.38 bits per heavy atom. The average Bonchev–Trinajstić information content (AvgIpc) is 3.14. The Kier molecular flexibility index (Phi) is 2.51. The molecule has 2 aliphatic rings. The minimum absolute atomic E-state index is 0.141. The molecule has 16 heavy (non-hydrogen) atoms. The van der Waals surface area contributed by atoms with Gasteiger partial charge in [0.25, 0.3) is 5.91 Å². The zero-order valence-electron chi connectivity index (χ0n) is 9.53. The third kappa shape index (κ3) is 2.14. The van der Waals surface area contributed by atoms with Crippen LogP contribution in [0, 0.1) is 18.8 Å². The molecule has 3 rings (SSSR count). The Morgan fingerprint density at radius 1 is 1.31 bits per heavy atom. The standard InChI is InChI=1S/C13H17NOS/c1-8-2-7-11(16-8)13(15)14-12(9-3-4-9)10-5-6-10/h2,7,9-10,12H,3-6H2,1H3,(H,14,15). The van der Waals surface area contributed by atoms with Crippen molar-refractivity contribution in [1.29, 1.82) is 0 Å². The summed E-state index contributed by atoms with van der Waals surface area (Å²) in [4.78, 5) is 14.1. The highest BCUT2D eigenvalue weighted by atomic mass is 32.1. The van der Waals surface area contributed by atoms with Crippen LogP contribution in [0.3, 0.4) is 0 Å². The number of carbonyl (C=O) groups is 1. The summed E-state index contributed by atoms with van der Waals surface area (Å²) >= 11 is 1.59. The molecule has 0 radical (unpaired) electrons. The number of hydrogen-bond acceptors (Lipinski definition) is 2. The highest BCUT2D eigenvalue weighted by Gasteiger charge is 2.42. The van der Waals surface area contributed by atoms with Crippen LogP contribution < -0.4 is 5.32 Å². The quantitative estimate of drug-likeness (QED) is 0.854. The molecule has 1 N–H and O–H groups in total. The van der Waals surface area contributed by atoms with Crippen LogP contribution in [0.5, 0.6) is 0 Å². The molecule has 1 aromatic rings. The second-order valence-corrected chi connectivity index (χ2v) is 6.37. The molecule has 1 heterocycles. The summed E-state index contributed by atoms with van der Waals surface area (Å²) in [6.07, 6.45) is 5.24. The molecule has 0 bridgehead atoms. The van der Waals surface area contributed by atoms with Crippen molar-refractivity contribution in [3.63, 3.8) is 0 Å². The van der Waals surface area contributed by atoms with Crippen LogP contribution in [0.4, 0.5) is 0 Å². The topological polar surface area (TPSA) is 29.1 Å². The Balaban J connectivity index is 1.66. The van der Waals surface area contributed by atoms with Crippen LogP contribution in [0.2, 0.25) is 0 Å². The van der Waals surface area contributed by atoms with Crippen LogP contribution in [-0.4, -0.2) is 11.9 Å². The molecule has 2 saturated carbocycles. The monoisotopic (exact) mass is 235 g/mol. The Morgan fingerprint density at radius 2 is 1.94 bits per heavy atom. The van der Waals surface area contributed by atoms with E-state index in [4.69, 9.17) is 0 Å². The molecule has 3 heteroatoms. The first kappa shape index (κ1) is 10.3. The highest BCUT2D eigenvalue weighted by Crippen LogP contribution is 2.44. The maximum atomic E-state index is 12.0. The van der Waals surface area contributed by atoms with Gasteiger partial charge in [-0.3, -0.25) is 4.79 Å². The van der Waals surface area contributed by atoms with Crippen molar-refractivity contribution in [3.05, 3.63) is 21.9 Å². The van der Waals surface area contributed by atoms with E-state index in [-0.39, 0.29) is 5.91 Å². The van der Waals surface area contributed by atoms with Crippen LogP contribution in [0.15, 0.2) is 12.1 Å². The van der Waals surface area contributed by atoms with Gasteiger partial charge >= 0.3 is 0 Å². The summed E-state index contributed by atoms with van der Waals surface area (Å²) in [5, 5.41) is 3.24. The van der Waals surface area contributed by atoms with E-state index in [9.17, 15) is 4.79 Å². The molecule has 0 unspecified atom stereocenters. The van der Waals surface area contributed by atoms with E-state index in [1.54, 1.807) is 11.3 Å². The third-order valence-electron chi connectivity index (χ3n) is 3.52. The Hall–Kier alpha value is -0.830. The van der Waals surface area contributed by atoms with Crippen molar-refractivity contribution in [3.8, 4) is 0 Å². The normalized spacial score (nSPS) is 20.1. The summed E-state index contributed by atoms with van der Waals surface area (Å²) in [5.74, 6) is 1.69. The van der Waals surface area contributed by atoms with Crippen molar-refractivity contribution >= 4 is 17.2 Å². The lowest BCUT2D eigenvalue weighted by atomic mass is 10.1. The number of aryl methyl sites for hydroxylation is 1. The maximum Gasteiger partial charge on any atom is 0.261 e. The molecule has 0 aromatic carbocycles. The third-order valence-corrected chi connectivity index (χ3v) is 4.52. The molecule has 86 valence electrons. The lowest BCUT2D eigenvalue weighted by Gasteiger charge is -2.16. The molecule has 0 aliphatic heterocycles. The van der Waals surface area contributed by atoms with E-state index in [1.165, 1.54) is 30.6 Å². The number of rotatable bonds is 4. The molecule has 1 amide bonds. The molecule has 0 atom stereocenters. The van der Waals surface area contributed by atoms with Gasteiger partial charge in [-0.05, 0) is 56.6 Å². The zero-order chi connectivity index (χ0) is 11.1. The smallest absolute Gasteiger partial charge is 0.261 e. The predicted octanol–water partition coefficient (Wildman–Crippen LogP) is 2.97. The second-order valence-electron chi connectivity index (χ2n) is 5.08. The first-order valence-electron chi connectivity index (χ1n) is 6.11. The Labute approximate surface area is 100 Å². The fourth-order valence-corrected chi connectivity index (χ4v) is 3.08. The van der Waals surface area contributed by atoms with E-state index in [1.807, 2.05) is 19.1 Å². The van der Waals surface area contributed by atoms with Crippen LogP contribution in [0.25, 0.3) is 0 Å². The average molecular weight is 235 g/mol. The minimum atomic E-state index is 0.141. The molecule has 0 saturated heterocycles. The molecule has 1 aromatic heterocycles. The van der Waals surface area contributed by atoms with Crippen molar-refractivity contribution in [2.75, 3.05) is 0 Å². The molecular formula is C13H17NOS. The molecule has 2 nitrogen and oxygen atoms in total. The van der Waals surface area contributed by atoms with Crippen LogP contribution in [-0.2, 0) is 0 Å². The van der Waals surface area contributed by atoms with Gasteiger partial charge in [0.05, 0.1) is 4.88 Å². The van der Waals surface area contributed by atoms with Crippen molar-refractivity contribution in [2.24, 2.45) is 11.8 Å². The van der Waals surface area contributed by atoms with Gasteiger partial charge in [0.15, 0.2) is 0 Å². The van der Waals surface area contributed by atoms with Crippen molar-refractivity contribution < 1.29 is 4.79 Å². The molecule has 2 fully saturated rings. The number of nitrogens with one attached hydrogen (secondary N) is 1. The first-order valence-corrected chi connectivity index (χ1v) is 6.93. The summed E-state index contributed by atoms with van der Waals surface area (Å²) in [6, 6.07) is 4.42. The number of thiophene rings is 1. The van der Waals surface area contributed by atoms with E-state index in [0.29, 0.717) is 6.04 Å². The molecule has 0 spiro atoms. The highest BCUT2D eigenvalue weighted by molar-refractivity contribution is 7.13.